The Morgan fingerprint density at radius 1 is 1.64 bits per heavy atom. The maximum absolute atomic E-state index is 10.9. The Kier molecular flexibility index (Phi) is 2.00. The Morgan fingerprint density at radius 2 is 2.36 bits per heavy atom. The number of hydrogen-bond donors (Lipinski definition) is 2. The average molecular weight is 152 g/mol. The Morgan fingerprint density at radius 3 is 2.91 bits per heavy atom. The number of carbonyl (C=O) groups excluding carboxylic acids is 1. The SMILES string of the molecule is CNC(=O)c1cncc(N)n1. The molecule has 1 aromatic rings. The zero-order chi connectivity index (χ0) is 8.27. The quantitative estimate of drug-likeness (QED) is 0.564. The summed E-state index contributed by atoms with van der Waals surface area (Å²) in [6.45, 7) is 0. The lowest BCUT2D eigenvalue weighted by atomic mass is 10.4. The fraction of sp³-hybridized carbons (Fsp3) is 0.167. The van der Waals surface area contributed by atoms with E-state index in [1.54, 1.807) is 0 Å². The van der Waals surface area contributed by atoms with Gasteiger partial charge in [-0.3, -0.25) is 9.78 Å². The van der Waals surface area contributed by atoms with Gasteiger partial charge in [0, 0.05) is 7.05 Å². The van der Waals surface area contributed by atoms with Gasteiger partial charge < -0.3 is 11.1 Å². The highest BCUT2D eigenvalue weighted by Gasteiger charge is 2.03. The van der Waals surface area contributed by atoms with Crippen molar-refractivity contribution in [3.63, 3.8) is 0 Å². The summed E-state index contributed by atoms with van der Waals surface area (Å²) in [4.78, 5) is 18.3. The van der Waals surface area contributed by atoms with Gasteiger partial charge in [-0.1, -0.05) is 0 Å². The number of nitrogens with zero attached hydrogens (tertiary/aromatic N) is 2. The predicted molar refractivity (Wildman–Crippen MR) is 39.8 cm³/mol. The van der Waals surface area contributed by atoms with Crippen LogP contribution in [0.25, 0.3) is 0 Å². The van der Waals surface area contributed by atoms with Crippen molar-refractivity contribution in [1.29, 1.82) is 0 Å². The lowest BCUT2D eigenvalue weighted by Crippen LogP contribution is -2.19. The van der Waals surface area contributed by atoms with Crippen LogP contribution in [0.15, 0.2) is 12.4 Å². The van der Waals surface area contributed by atoms with Crippen LogP contribution in [0.2, 0.25) is 0 Å². The Balaban J connectivity index is 2.96. The third-order valence-electron chi connectivity index (χ3n) is 1.11. The Hall–Kier alpha value is -1.65. The molecule has 0 bridgehead atoms. The first-order valence-electron chi connectivity index (χ1n) is 3.03. The summed E-state index contributed by atoms with van der Waals surface area (Å²) in [5.74, 6) is -0.0455. The van der Waals surface area contributed by atoms with Crippen molar-refractivity contribution in [2.24, 2.45) is 0 Å². The van der Waals surface area contributed by atoms with Gasteiger partial charge in [-0.2, -0.15) is 0 Å². The van der Waals surface area contributed by atoms with Gasteiger partial charge in [0.2, 0.25) is 0 Å². The number of anilines is 1. The van der Waals surface area contributed by atoms with E-state index in [1.807, 2.05) is 0 Å². The molecule has 0 saturated carbocycles. The van der Waals surface area contributed by atoms with Crippen LogP contribution in [0.5, 0.6) is 0 Å². The third kappa shape index (κ3) is 1.64. The highest BCUT2D eigenvalue weighted by atomic mass is 16.1. The van der Waals surface area contributed by atoms with E-state index < -0.39 is 0 Å². The van der Waals surface area contributed by atoms with Crippen LogP contribution in [0.4, 0.5) is 5.82 Å². The first kappa shape index (κ1) is 7.46. The van der Waals surface area contributed by atoms with Gasteiger partial charge in [-0.05, 0) is 0 Å². The van der Waals surface area contributed by atoms with E-state index in [2.05, 4.69) is 15.3 Å². The molecule has 0 atom stereocenters. The van der Waals surface area contributed by atoms with Crippen LogP contribution < -0.4 is 11.1 Å². The predicted octanol–water partition coefficient (Wildman–Crippen LogP) is -0.582. The third-order valence-corrected chi connectivity index (χ3v) is 1.11. The average Bonchev–Trinajstić information content (AvgIpc) is 2.03. The van der Waals surface area contributed by atoms with Crippen LogP contribution in [-0.2, 0) is 0 Å². The molecule has 5 heteroatoms. The molecular weight excluding hydrogens is 144 g/mol. The van der Waals surface area contributed by atoms with Crippen molar-refractivity contribution in [2.75, 3.05) is 12.8 Å². The molecule has 1 amide bonds. The van der Waals surface area contributed by atoms with E-state index in [4.69, 9.17) is 5.73 Å². The maximum Gasteiger partial charge on any atom is 0.271 e. The van der Waals surface area contributed by atoms with E-state index >= 15 is 0 Å². The molecule has 0 fully saturated rings. The smallest absolute Gasteiger partial charge is 0.271 e. The molecule has 0 aromatic carbocycles. The zero-order valence-electron chi connectivity index (χ0n) is 6.03. The van der Waals surface area contributed by atoms with Gasteiger partial charge in [0.1, 0.15) is 11.5 Å². The lowest BCUT2D eigenvalue weighted by Gasteiger charge is -1.97. The van der Waals surface area contributed by atoms with Crippen molar-refractivity contribution in [1.82, 2.24) is 15.3 Å². The number of nitrogen functional groups attached to an aromatic ring is 1. The maximum atomic E-state index is 10.9. The molecule has 0 aliphatic rings. The molecule has 0 saturated heterocycles. The van der Waals surface area contributed by atoms with Crippen molar-refractivity contribution < 1.29 is 4.79 Å². The number of carbonyl (C=O) groups is 1. The molecule has 3 N–H and O–H groups in total. The van der Waals surface area contributed by atoms with Crippen LogP contribution in [0, 0.1) is 0 Å². The summed E-state index contributed by atoms with van der Waals surface area (Å²) in [6.07, 6.45) is 2.74. The minimum absolute atomic E-state index is 0.229. The topological polar surface area (TPSA) is 80.9 Å². The number of nitrogens with two attached hydrogens (primary N) is 1. The van der Waals surface area contributed by atoms with E-state index in [1.165, 1.54) is 19.4 Å². The van der Waals surface area contributed by atoms with Gasteiger partial charge in [-0.25, -0.2) is 4.98 Å². The van der Waals surface area contributed by atoms with Gasteiger partial charge in [-0.15, -0.1) is 0 Å². The summed E-state index contributed by atoms with van der Waals surface area (Å²) in [7, 11) is 1.52. The van der Waals surface area contributed by atoms with Gasteiger partial charge in [0.05, 0.1) is 12.4 Å². The number of aromatic nitrogens is 2. The summed E-state index contributed by atoms with van der Waals surface area (Å²) >= 11 is 0. The molecule has 0 aliphatic heterocycles. The summed E-state index contributed by atoms with van der Waals surface area (Å²) in [5, 5.41) is 2.41. The van der Waals surface area contributed by atoms with Crippen LogP contribution in [0.3, 0.4) is 0 Å². The van der Waals surface area contributed by atoms with Crippen molar-refractivity contribution in [3.8, 4) is 0 Å². The molecule has 11 heavy (non-hydrogen) atoms. The van der Waals surface area contributed by atoms with Crippen molar-refractivity contribution in [2.45, 2.75) is 0 Å². The van der Waals surface area contributed by atoms with Gasteiger partial charge in [0.15, 0.2) is 0 Å². The first-order chi connectivity index (χ1) is 5.24. The van der Waals surface area contributed by atoms with Crippen molar-refractivity contribution in [3.05, 3.63) is 18.1 Å². The molecule has 0 unspecified atom stereocenters. The normalized spacial score (nSPS) is 9.18. The second kappa shape index (κ2) is 2.96. The molecule has 0 aliphatic carbocycles. The number of hydrogen-bond acceptors (Lipinski definition) is 4. The fourth-order valence-corrected chi connectivity index (χ4v) is 0.619. The van der Waals surface area contributed by atoms with Gasteiger partial charge in [0.25, 0.3) is 5.91 Å². The van der Waals surface area contributed by atoms with Crippen LogP contribution in [-0.4, -0.2) is 22.9 Å². The molecular formula is C6H8N4O. The summed E-state index contributed by atoms with van der Waals surface area (Å²) < 4.78 is 0. The number of rotatable bonds is 1. The second-order valence-corrected chi connectivity index (χ2v) is 1.91. The minimum Gasteiger partial charge on any atom is -0.382 e. The molecule has 1 rings (SSSR count). The summed E-state index contributed by atoms with van der Waals surface area (Å²) in [5.41, 5.74) is 5.53. The monoisotopic (exact) mass is 152 g/mol. The van der Waals surface area contributed by atoms with E-state index in [-0.39, 0.29) is 17.4 Å². The fourth-order valence-electron chi connectivity index (χ4n) is 0.619. The van der Waals surface area contributed by atoms with E-state index in [0.717, 1.165) is 0 Å². The summed E-state index contributed by atoms with van der Waals surface area (Å²) in [6, 6.07) is 0. The first-order valence-corrected chi connectivity index (χ1v) is 3.03. The number of amides is 1. The standard InChI is InChI=1S/C6H8N4O/c1-8-6(11)4-2-9-3-5(7)10-4/h2-3H,1H3,(H2,7,10)(H,8,11). The Bertz CT molecular complexity index is 273. The zero-order valence-corrected chi connectivity index (χ0v) is 6.03. The molecule has 0 radical (unpaired) electrons. The van der Waals surface area contributed by atoms with Gasteiger partial charge >= 0.3 is 0 Å². The second-order valence-electron chi connectivity index (χ2n) is 1.91. The molecule has 1 heterocycles. The lowest BCUT2D eigenvalue weighted by molar-refractivity contribution is 0.0958. The molecule has 0 spiro atoms. The molecule has 5 nitrogen and oxygen atoms in total. The van der Waals surface area contributed by atoms with E-state index in [9.17, 15) is 4.79 Å². The number of nitrogens with one attached hydrogen (secondary N) is 1. The highest BCUT2D eigenvalue weighted by Crippen LogP contribution is 1.95. The van der Waals surface area contributed by atoms with Crippen LogP contribution >= 0.6 is 0 Å². The van der Waals surface area contributed by atoms with Crippen LogP contribution in [0.1, 0.15) is 10.5 Å². The minimum atomic E-state index is -0.287. The highest BCUT2D eigenvalue weighted by molar-refractivity contribution is 5.91. The molecule has 1 aromatic heterocycles. The Labute approximate surface area is 63.7 Å². The van der Waals surface area contributed by atoms with E-state index in [0.29, 0.717) is 0 Å². The largest absolute Gasteiger partial charge is 0.382 e. The molecule has 58 valence electrons. The van der Waals surface area contributed by atoms with Crippen molar-refractivity contribution >= 4 is 11.7 Å².